The lowest BCUT2D eigenvalue weighted by Gasteiger charge is -2.13. The summed E-state index contributed by atoms with van der Waals surface area (Å²) in [7, 11) is 1.84. The average Bonchev–Trinajstić information content (AvgIpc) is 2.48. The first-order chi connectivity index (χ1) is 10.2. The third-order valence-electron chi connectivity index (χ3n) is 2.82. The van der Waals surface area contributed by atoms with E-state index in [0.29, 0.717) is 17.3 Å². The molecule has 0 aliphatic rings. The van der Waals surface area contributed by atoms with E-state index in [1.807, 2.05) is 49.5 Å². The fraction of sp³-hybridized carbons (Fsp3) is 0.188. The van der Waals surface area contributed by atoms with Crippen molar-refractivity contribution in [2.45, 2.75) is 6.54 Å². The molecule has 0 radical (unpaired) electrons. The summed E-state index contributed by atoms with van der Waals surface area (Å²) in [5, 5.41) is 6.30. The summed E-state index contributed by atoms with van der Waals surface area (Å²) >= 11 is 6.12. The van der Waals surface area contributed by atoms with E-state index in [0.717, 1.165) is 11.3 Å². The van der Waals surface area contributed by atoms with Gasteiger partial charge in [-0.25, -0.2) is 0 Å². The largest absolute Gasteiger partial charge is 0.482 e. The van der Waals surface area contributed by atoms with E-state index in [-0.39, 0.29) is 12.5 Å². The number of halogens is 1. The average molecular weight is 305 g/mol. The standard InChI is InChI=1S/C16H17ClN2O2/c1-18-10-12-6-5-9-14(17)16(12)21-11-15(20)19-13-7-3-2-4-8-13/h2-9,18H,10-11H2,1H3,(H,19,20). The fourth-order valence-electron chi connectivity index (χ4n) is 1.90. The molecule has 2 aromatic rings. The molecule has 0 aliphatic heterocycles. The molecule has 1 amide bonds. The Morgan fingerprint density at radius 2 is 1.90 bits per heavy atom. The van der Waals surface area contributed by atoms with Crippen molar-refractivity contribution >= 4 is 23.2 Å². The summed E-state index contributed by atoms with van der Waals surface area (Å²) in [6.07, 6.45) is 0. The molecular formula is C16H17ClN2O2. The number of ether oxygens (including phenoxy) is 1. The van der Waals surface area contributed by atoms with Crippen molar-refractivity contribution in [1.82, 2.24) is 5.32 Å². The second kappa shape index (κ2) is 7.67. The van der Waals surface area contributed by atoms with Gasteiger partial charge in [-0.3, -0.25) is 4.79 Å². The number of para-hydroxylation sites is 2. The van der Waals surface area contributed by atoms with Gasteiger partial charge in [0.15, 0.2) is 6.61 Å². The molecule has 0 heterocycles. The minimum atomic E-state index is -0.225. The Balaban J connectivity index is 1.98. The van der Waals surface area contributed by atoms with Crippen molar-refractivity contribution < 1.29 is 9.53 Å². The van der Waals surface area contributed by atoms with Gasteiger partial charge in [0.1, 0.15) is 5.75 Å². The molecule has 4 nitrogen and oxygen atoms in total. The van der Waals surface area contributed by atoms with E-state index in [4.69, 9.17) is 16.3 Å². The summed E-state index contributed by atoms with van der Waals surface area (Å²) in [6, 6.07) is 14.7. The molecule has 2 aromatic carbocycles. The number of carbonyl (C=O) groups excluding carboxylic acids is 1. The minimum Gasteiger partial charge on any atom is -0.482 e. The molecule has 0 atom stereocenters. The summed E-state index contributed by atoms with van der Waals surface area (Å²) in [6.45, 7) is 0.533. The molecule has 0 saturated carbocycles. The Morgan fingerprint density at radius 1 is 1.14 bits per heavy atom. The third kappa shape index (κ3) is 4.48. The van der Waals surface area contributed by atoms with Gasteiger partial charge in [0.2, 0.25) is 0 Å². The van der Waals surface area contributed by atoms with Gasteiger partial charge in [0.25, 0.3) is 5.91 Å². The quantitative estimate of drug-likeness (QED) is 0.862. The zero-order valence-electron chi connectivity index (χ0n) is 11.7. The van der Waals surface area contributed by atoms with Crippen LogP contribution in [-0.2, 0) is 11.3 Å². The van der Waals surface area contributed by atoms with E-state index >= 15 is 0 Å². The molecule has 110 valence electrons. The Labute approximate surface area is 129 Å². The Kier molecular flexibility index (Phi) is 5.60. The maximum absolute atomic E-state index is 11.9. The predicted octanol–water partition coefficient (Wildman–Crippen LogP) is 3.08. The zero-order chi connectivity index (χ0) is 15.1. The van der Waals surface area contributed by atoms with E-state index < -0.39 is 0 Å². The highest BCUT2D eigenvalue weighted by atomic mass is 35.5. The molecule has 0 bridgehead atoms. The Morgan fingerprint density at radius 3 is 2.62 bits per heavy atom. The van der Waals surface area contributed by atoms with Crippen LogP contribution in [0.5, 0.6) is 5.75 Å². The van der Waals surface area contributed by atoms with E-state index in [9.17, 15) is 4.79 Å². The summed E-state index contributed by atoms with van der Waals surface area (Å²) in [4.78, 5) is 11.9. The molecule has 0 aromatic heterocycles. The number of rotatable bonds is 6. The Bertz CT molecular complexity index is 602. The summed E-state index contributed by atoms with van der Waals surface area (Å²) < 4.78 is 5.57. The van der Waals surface area contributed by atoms with Gasteiger partial charge >= 0.3 is 0 Å². The van der Waals surface area contributed by atoms with Gasteiger partial charge in [-0.15, -0.1) is 0 Å². The van der Waals surface area contributed by atoms with Crippen LogP contribution in [0.4, 0.5) is 5.69 Å². The minimum absolute atomic E-state index is 0.0880. The molecule has 0 saturated heterocycles. The van der Waals surface area contributed by atoms with Gasteiger partial charge in [0, 0.05) is 17.8 Å². The molecule has 2 N–H and O–H groups in total. The van der Waals surface area contributed by atoms with Crippen LogP contribution in [0.15, 0.2) is 48.5 Å². The third-order valence-corrected chi connectivity index (χ3v) is 3.12. The van der Waals surface area contributed by atoms with E-state index in [1.165, 1.54) is 0 Å². The second-order valence-electron chi connectivity index (χ2n) is 4.46. The monoisotopic (exact) mass is 304 g/mol. The normalized spacial score (nSPS) is 10.2. The van der Waals surface area contributed by atoms with Gasteiger partial charge in [-0.1, -0.05) is 41.9 Å². The lowest BCUT2D eigenvalue weighted by Crippen LogP contribution is -2.21. The van der Waals surface area contributed by atoms with Crippen LogP contribution in [-0.4, -0.2) is 19.6 Å². The molecule has 0 aliphatic carbocycles. The highest BCUT2D eigenvalue weighted by Crippen LogP contribution is 2.28. The molecular weight excluding hydrogens is 288 g/mol. The lowest BCUT2D eigenvalue weighted by atomic mass is 10.2. The highest BCUT2D eigenvalue weighted by molar-refractivity contribution is 6.32. The van der Waals surface area contributed by atoms with Crippen LogP contribution < -0.4 is 15.4 Å². The summed E-state index contributed by atoms with van der Waals surface area (Å²) in [5.41, 5.74) is 1.65. The first-order valence-electron chi connectivity index (χ1n) is 6.60. The van der Waals surface area contributed by atoms with Crippen LogP contribution in [0.3, 0.4) is 0 Å². The Hall–Kier alpha value is -2.04. The first kappa shape index (κ1) is 15.4. The van der Waals surface area contributed by atoms with Crippen molar-refractivity contribution in [3.05, 3.63) is 59.1 Å². The number of hydrogen-bond acceptors (Lipinski definition) is 3. The number of benzene rings is 2. The maximum Gasteiger partial charge on any atom is 0.262 e. The molecule has 0 fully saturated rings. The van der Waals surface area contributed by atoms with Crippen molar-refractivity contribution in [3.63, 3.8) is 0 Å². The predicted molar refractivity (Wildman–Crippen MR) is 84.8 cm³/mol. The van der Waals surface area contributed by atoms with Gasteiger partial charge in [0.05, 0.1) is 5.02 Å². The lowest BCUT2D eigenvalue weighted by molar-refractivity contribution is -0.118. The zero-order valence-corrected chi connectivity index (χ0v) is 12.5. The SMILES string of the molecule is CNCc1cccc(Cl)c1OCC(=O)Nc1ccccc1. The van der Waals surface area contributed by atoms with Crippen LogP contribution in [0, 0.1) is 0 Å². The molecule has 5 heteroatoms. The van der Waals surface area contributed by atoms with Gasteiger partial charge in [-0.2, -0.15) is 0 Å². The number of amides is 1. The van der Waals surface area contributed by atoms with Crippen LogP contribution in [0.1, 0.15) is 5.56 Å². The molecule has 21 heavy (non-hydrogen) atoms. The van der Waals surface area contributed by atoms with Crippen molar-refractivity contribution in [2.75, 3.05) is 19.0 Å². The van der Waals surface area contributed by atoms with Crippen LogP contribution in [0.2, 0.25) is 5.02 Å². The summed E-state index contributed by atoms with van der Waals surface area (Å²) in [5.74, 6) is 0.313. The number of hydrogen-bond donors (Lipinski definition) is 2. The van der Waals surface area contributed by atoms with E-state index in [2.05, 4.69) is 10.6 Å². The van der Waals surface area contributed by atoms with Crippen LogP contribution in [0.25, 0.3) is 0 Å². The smallest absolute Gasteiger partial charge is 0.262 e. The highest BCUT2D eigenvalue weighted by Gasteiger charge is 2.10. The fourth-order valence-corrected chi connectivity index (χ4v) is 2.15. The molecule has 0 unspecified atom stereocenters. The molecule has 2 rings (SSSR count). The van der Waals surface area contributed by atoms with Crippen molar-refractivity contribution in [1.29, 1.82) is 0 Å². The second-order valence-corrected chi connectivity index (χ2v) is 4.87. The number of nitrogens with one attached hydrogen (secondary N) is 2. The molecule has 0 spiro atoms. The van der Waals surface area contributed by atoms with Gasteiger partial charge < -0.3 is 15.4 Å². The van der Waals surface area contributed by atoms with Gasteiger partial charge in [-0.05, 0) is 25.2 Å². The van der Waals surface area contributed by atoms with Crippen molar-refractivity contribution in [3.8, 4) is 5.75 Å². The topological polar surface area (TPSA) is 50.4 Å². The van der Waals surface area contributed by atoms with Crippen molar-refractivity contribution in [2.24, 2.45) is 0 Å². The number of anilines is 1. The first-order valence-corrected chi connectivity index (χ1v) is 6.98. The maximum atomic E-state index is 11.9. The van der Waals surface area contributed by atoms with E-state index in [1.54, 1.807) is 6.07 Å². The number of carbonyl (C=O) groups is 1. The van der Waals surface area contributed by atoms with Crippen LogP contribution >= 0.6 is 11.6 Å².